The third kappa shape index (κ3) is 3.78. The van der Waals surface area contributed by atoms with Crippen LogP contribution in [0.4, 0.5) is 0 Å². The van der Waals surface area contributed by atoms with Gasteiger partial charge in [0.25, 0.3) is 0 Å². The molecule has 4 heteroatoms. The van der Waals surface area contributed by atoms with E-state index in [2.05, 4.69) is 29.2 Å². The van der Waals surface area contributed by atoms with E-state index >= 15 is 0 Å². The van der Waals surface area contributed by atoms with Crippen molar-refractivity contribution in [2.75, 3.05) is 33.4 Å². The molecule has 0 saturated carbocycles. The molecule has 1 aliphatic rings. The van der Waals surface area contributed by atoms with Crippen LogP contribution in [-0.4, -0.2) is 44.1 Å². The van der Waals surface area contributed by atoms with Crippen LogP contribution < -0.4 is 5.73 Å². The second-order valence-electron chi connectivity index (χ2n) is 5.17. The number of rotatable bonds is 8. The monoisotopic (exact) mass is 261 g/mol. The summed E-state index contributed by atoms with van der Waals surface area (Å²) in [7, 11) is 1.72. The van der Waals surface area contributed by atoms with Gasteiger partial charge in [-0.3, -0.25) is 10.3 Å². The average molecular weight is 261 g/mol. The molecule has 1 aromatic carbocycles. The summed E-state index contributed by atoms with van der Waals surface area (Å²) in [6.45, 7) is 3.51. The number of hydrogen-bond donors (Lipinski definition) is 2. The van der Waals surface area contributed by atoms with Crippen LogP contribution in [0, 0.1) is 5.41 Å². The molecule has 1 aromatic rings. The SMILES string of the molecule is COCCN(CCC(=N)N)CC1Cc2ccccc21. The summed E-state index contributed by atoms with van der Waals surface area (Å²) in [6, 6.07) is 8.65. The van der Waals surface area contributed by atoms with Gasteiger partial charge in [0.15, 0.2) is 0 Å². The Morgan fingerprint density at radius 1 is 1.42 bits per heavy atom. The first-order valence-corrected chi connectivity index (χ1v) is 6.82. The fourth-order valence-corrected chi connectivity index (χ4v) is 2.63. The standard InChI is InChI=1S/C15H23N3O/c1-19-9-8-18(7-6-15(16)17)11-13-10-12-4-2-3-5-14(12)13/h2-5,13H,6-11H2,1H3,(H3,16,17). The molecule has 104 valence electrons. The van der Waals surface area contributed by atoms with Crippen LogP contribution in [-0.2, 0) is 11.2 Å². The van der Waals surface area contributed by atoms with Crippen molar-refractivity contribution in [3.8, 4) is 0 Å². The Bertz CT molecular complexity index is 433. The predicted molar refractivity (Wildman–Crippen MR) is 77.7 cm³/mol. The lowest BCUT2D eigenvalue weighted by molar-refractivity contribution is 0.143. The molecular weight excluding hydrogens is 238 g/mol. The van der Waals surface area contributed by atoms with Gasteiger partial charge in [-0.25, -0.2) is 0 Å². The van der Waals surface area contributed by atoms with Crippen molar-refractivity contribution in [1.82, 2.24) is 4.90 Å². The molecule has 2 rings (SSSR count). The predicted octanol–water partition coefficient (Wildman–Crippen LogP) is 1.60. The lowest BCUT2D eigenvalue weighted by Crippen LogP contribution is -2.37. The van der Waals surface area contributed by atoms with Gasteiger partial charge < -0.3 is 10.5 Å². The third-order valence-electron chi connectivity index (χ3n) is 3.75. The van der Waals surface area contributed by atoms with Gasteiger partial charge in [-0.2, -0.15) is 0 Å². The molecule has 0 fully saturated rings. The zero-order valence-corrected chi connectivity index (χ0v) is 11.6. The molecule has 1 aliphatic carbocycles. The Morgan fingerprint density at radius 3 is 2.89 bits per heavy atom. The number of benzene rings is 1. The Balaban J connectivity index is 1.88. The highest BCUT2D eigenvalue weighted by atomic mass is 16.5. The Hall–Kier alpha value is -1.39. The minimum Gasteiger partial charge on any atom is -0.388 e. The summed E-state index contributed by atoms with van der Waals surface area (Å²) in [5.74, 6) is 0.886. The first kappa shape index (κ1) is 14.0. The number of nitrogens with zero attached hydrogens (tertiary/aromatic N) is 1. The fraction of sp³-hybridized carbons (Fsp3) is 0.533. The number of fused-ring (bicyclic) bond motifs is 1. The summed E-state index contributed by atoms with van der Waals surface area (Å²) in [4.78, 5) is 2.35. The Kier molecular flexibility index (Phi) is 4.93. The number of nitrogens with two attached hydrogens (primary N) is 1. The average Bonchev–Trinajstić information content (AvgIpc) is 2.38. The maximum Gasteiger partial charge on any atom is 0.0918 e. The van der Waals surface area contributed by atoms with Gasteiger partial charge in [-0.15, -0.1) is 0 Å². The van der Waals surface area contributed by atoms with Gasteiger partial charge in [0, 0.05) is 39.1 Å². The van der Waals surface area contributed by atoms with Crippen molar-refractivity contribution in [3.05, 3.63) is 35.4 Å². The molecule has 1 unspecified atom stereocenters. The van der Waals surface area contributed by atoms with E-state index in [1.54, 1.807) is 7.11 Å². The molecule has 0 radical (unpaired) electrons. The van der Waals surface area contributed by atoms with Crippen molar-refractivity contribution in [2.45, 2.75) is 18.8 Å². The van der Waals surface area contributed by atoms with Gasteiger partial charge in [-0.1, -0.05) is 24.3 Å². The van der Waals surface area contributed by atoms with Crippen molar-refractivity contribution in [2.24, 2.45) is 5.73 Å². The van der Waals surface area contributed by atoms with E-state index < -0.39 is 0 Å². The number of amidine groups is 1. The Morgan fingerprint density at radius 2 is 2.21 bits per heavy atom. The minimum absolute atomic E-state index is 0.261. The normalized spacial score (nSPS) is 17.1. The molecule has 0 heterocycles. The molecule has 0 aromatic heterocycles. The molecular formula is C15H23N3O. The molecule has 19 heavy (non-hydrogen) atoms. The molecule has 4 nitrogen and oxygen atoms in total. The summed E-state index contributed by atoms with van der Waals surface area (Å²) in [5, 5.41) is 7.34. The Labute approximate surface area is 115 Å². The molecule has 1 atom stereocenters. The minimum atomic E-state index is 0.261. The van der Waals surface area contributed by atoms with Crippen LogP contribution in [0.15, 0.2) is 24.3 Å². The smallest absolute Gasteiger partial charge is 0.0918 e. The van der Waals surface area contributed by atoms with E-state index in [0.29, 0.717) is 12.3 Å². The van der Waals surface area contributed by atoms with Gasteiger partial charge in [0.05, 0.1) is 12.4 Å². The molecule has 0 amide bonds. The van der Waals surface area contributed by atoms with E-state index in [1.807, 2.05) is 0 Å². The zero-order chi connectivity index (χ0) is 13.7. The first-order chi connectivity index (χ1) is 9.20. The number of nitrogens with one attached hydrogen (secondary N) is 1. The van der Waals surface area contributed by atoms with E-state index in [1.165, 1.54) is 17.5 Å². The van der Waals surface area contributed by atoms with E-state index in [4.69, 9.17) is 15.9 Å². The lowest BCUT2D eigenvalue weighted by Gasteiger charge is -2.34. The van der Waals surface area contributed by atoms with E-state index in [9.17, 15) is 0 Å². The summed E-state index contributed by atoms with van der Waals surface area (Å²) < 4.78 is 5.16. The van der Waals surface area contributed by atoms with Gasteiger partial charge in [0.2, 0.25) is 0 Å². The summed E-state index contributed by atoms with van der Waals surface area (Å²) in [6.07, 6.45) is 1.80. The summed E-state index contributed by atoms with van der Waals surface area (Å²) >= 11 is 0. The second kappa shape index (κ2) is 6.68. The topological polar surface area (TPSA) is 62.3 Å². The molecule has 0 aliphatic heterocycles. The van der Waals surface area contributed by atoms with Gasteiger partial charge >= 0.3 is 0 Å². The quantitative estimate of drug-likeness (QED) is 0.552. The van der Waals surface area contributed by atoms with Gasteiger partial charge in [-0.05, 0) is 17.5 Å². The lowest BCUT2D eigenvalue weighted by atomic mass is 9.77. The third-order valence-corrected chi connectivity index (χ3v) is 3.75. The van der Waals surface area contributed by atoms with Crippen molar-refractivity contribution < 1.29 is 4.74 Å². The maximum absolute atomic E-state index is 7.34. The number of hydrogen-bond acceptors (Lipinski definition) is 3. The van der Waals surface area contributed by atoms with Crippen LogP contribution in [0.25, 0.3) is 0 Å². The van der Waals surface area contributed by atoms with Crippen molar-refractivity contribution >= 4 is 5.84 Å². The van der Waals surface area contributed by atoms with Crippen LogP contribution in [0.5, 0.6) is 0 Å². The van der Waals surface area contributed by atoms with Crippen molar-refractivity contribution in [3.63, 3.8) is 0 Å². The number of ether oxygens (including phenoxy) is 1. The summed E-state index contributed by atoms with van der Waals surface area (Å²) in [5.41, 5.74) is 8.41. The molecule has 0 bridgehead atoms. The number of methoxy groups -OCH3 is 1. The zero-order valence-electron chi connectivity index (χ0n) is 11.6. The molecule has 3 N–H and O–H groups in total. The van der Waals surface area contributed by atoms with E-state index in [-0.39, 0.29) is 5.84 Å². The first-order valence-electron chi connectivity index (χ1n) is 6.82. The second-order valence-corrected chi connectivity index (χ2v) is 5.17. The van der Waals surface area contributed by atoms with Crippen LogP contribution in [0.3, 0.4) is 0 Å². The fourth-order valence-electron chi connectivity index (χ4n) is 2.63. The highest BCUT2D eigenvalue weighted by molar-refractivity contribution is 5.76. The van der Waals surface area contributed by atoms with Crippen molar-refractivity contribution in [1.29, 1.82) is 5.41 Å². The van der Waals surface area contributed by atoms with Crippen LogP contribution >= 0.6 is 0 Å². The van der Waals surface area contributed by atoms with E-state index in [0.717, 1.165) is 26.2 Å². The largest absolute Gasteiger partial charge is 0.388 e. The van der Waals surface area contributed by atoms with Crippen LogP contribution in [0.2, 0.25) is 0 Å². The maximum atomic E-state index is 7.34. The highest BCUT2D eigenvalue weighted by Gasteiger charge is 2.26. The molecule has 0 saturated heterocycles. The van der Waals surface area contributed by atoms with Crippen LogP contribution in [0.1, 0.15) is 23.5 Å². The highest BCUT2D eigenvalue weighted by Crippen LogP contribution is 2.35. The molecule has 0 spiro atoms. The van der Waals surface area contributed by atoms with Gasteiger partial charge in [0.1, 0.15) is 0 Å².